The molecule has 0 aliphatic heterocycles. The van der Waals surface area contributed by atoms with Crippen LogP contribution in [0.5, 0.6) is 0 Å². The third-order valence-electron chi connectivity index (χ3n) is 3.26. The SMILES string of the molecule is CCC(CNC1CC1)Cc1cccc(Cl)c1. The molecule has 1 unspecified atom stereocenters. The van der Waals surface area contributed by atoms with Gasteiger partial charge in [0.15, 0.2) is 0 Å². The van der Waals surface area contributed by atoms with Crippen molar-refractivity contribution in [3.8, 4) is 0 Å². The summed E-state index contributed by atoms with van der Waals surface area (Å²) in [5, 5.41) is 4.46. The van der Waals surface area contributed by atoms with Crippen molar-refractivity contribution in [2.45, 2.75) is 38.6 Å². The molecule has 1 aliphatic rings. The van der Waals surface area contributed by atoms with Crippen molar-refractivity contribution >= 4 is 11.6 Å². The zero-order chi connectivity index (χ0) is 11.4. The van der Waals surface area contributed by atoms with Gasteiger partial charge in [-0.05, 0) is 49.4 Å². The molecule has 88 valence electrons. The molecule has 1 atom stereocenters. The lowest BCUT2D eigenvalue weighted by Crippen LogP contribution is -2.25. The van der Waals surface area contributed by atoms with Crippen LogP contribution in [0, 0.1) is 5.92 Å². The fourth-order valence-corrected chi connectivity index (χ4v) is 2.19. The second-order valence-electron chi connectivity index (χ2n) is 4.79. The molecule has 1 aliphatic carbocycles. The largest absolute Gasteiger partial charge is 0.314 e. The first-order valence-electron chi connectivity index (χ1n) is 6.25. The minimum Gasteiger partial charge on any atom is -0.314 e. The fraction of sp³-hybridized carbons (Fsp3) is 0.571. The van der Waals surface area contributed by atoms with Gasteiger partial charge in [0, 0.05) is 11.1 Å². The summed E-state index contributed by atoms with van der Waals surface area (Å²) in [6.45, 7) is 3.41. The van der Waals surface area contributed by atoms with Crippen molar-refractivity contribution in [3.63, 3.8) is 0 Å². The number of benzene rings is 1. The Balaban J connectivity index is 1.84. The number of rotatable bonds is 6. The molecule has 0 spiro atoms. The molecule has 0 amide bonds. The van der Waals surface area contributed by atoms with Crippen LogP contribution in [0.15, 0.2) is 24.3 Å². The van der Waals surface area contributed by atoms with E-state index in [4.69, 9.17) is 11.6 Å². The van der Waals surface area contributed by atoms with Gasteiger partial charge in [0.25, 0.3) is 0 Å². The highest BCUT2D eigenvalue weighted by Gasteiger charge is 2.21. The average molecular weight is 238 g/mol. The second kappa shape index (κ2) is 5.70. The lowest BCUT2D eigenvalue weighted by Gasteiger charge is -2.15. The quantitative estimate of drug-likeness (QED) is 0.796. The zero-order valence-electron chi connectivity index (χ0n) is 9.88. The average Bonchev–Trinajstić information content (AvgIpc) is 3.08. The summed E-state index contributed by atoms with van der Waals surface area (Å²) in [5.41, 5.74) is 1.36. The van der Waals surface area contributed by atoms with E-state index in [1.54, 1.807) is 0 Å². The highest BCUT2D eigenvalue weighted by molar-refractivity contribution is 6.30. The van der Waals surface area contributed by atoms with Crippen molar-refractivity contribution in [2.24, 2.45) is 5.92 Å². The van der Waals surface area contributed by atoms with Gasteiger partial charge in [-0.3, -0.25) is 0 Å². The lowest BCUT2D eigenvalue weighted by molar-refractivity contribution is 0.458. The van der Waals surface area contributed by atoms with Gasteiger partial charge in [0.05, 0.1) is 0 Å². The number of hydrogen-bond donors (Lipinski definition) is 1. The Morgan fingerprint density at radius 2 is 2.25 bits per heavy atom. The molecule has 0 aromatic heterocycles. The van der Waals surface area contributed by atoms with Gasteiger partial charge in [0.1, 0.15) is 0 Å². The van der Waals surface area contributed by atoms with Crippen LogP contribution in [0.4, 0.5) is 0 Å². The fourth-order valence-electron chi connectivity index (χ4n) is 1.98. The highest BCUT2D eigenvalue weighted by Crippen LogP contribution is 2.20. The van der Waals surface area contributed by atoms with Crippen LogP contribution >= 0.6 is 11.6 Å². The molecular formula is C14H20ClN. The van der Waals surface area contributed by atoms with E-state index in [1.165, 1.54) is 24.8 Å². The molecule has 0 heterocycles. The summed E-state index contributed by atoms with van der Waals surface area (Å²) < 4.78 is 0. The summed E-state index contributed by atoms with van der Waals surface area (Å²) in [6, 6.07) is 9.05. The van der Waals surface area contributed by atoms with E-state index in [0.29, 0.717) is 0 Å². The van der Waals surface area contributed by atoms with Crippen LogP contribution in [0.1, 0.15) is 31.7 Å². The van der Waals surface area contributed by atoms with E-state index in [-0.39, 0.29) is 0 Å². The third kappa shape index (κ3) is 3.80. The van der Waals surface area contributed by atoms with Crippen molar-refractivity contribution in [2.75, 3.05) is 6.54 Å². The smallest absolute Gasteiger partial charge is 0.0408 e. The first-order valence-corrected chi connectivity index (χ1v) is 6.63. The van der Waals surface area contributed by atoms with Crippen molar-refractivity contribution < 1.29 is 0 Å². The van der Waals surface area contributed by atoms with Crippen LogP contribution in [0.3, 0.4) is 0 Å². The summed E-state index contributed by atoms with van der Waals surface area (Å²) in [5.74, 6) is 0.735. The molecule has 2 rings (SSSR count). The van der Waals surface area contributed by atoms with Gasteiger partial charge in [0.2, 0.25) is 0 Å². The molecule has 0 radical (unpaired) electrons. The molecule has 1 aromatic rings. The van der Waals surface area contributed by atoms with E-state index in [0.717, 1.165) is 29.9 Å². The Kier molecular flexibility index (Phi) is 4.25. The highest BCUT2D eigenvalue weighted by atomic mass is 35.5. The lowest BCUT2D eigenvalue weighted by atomic mass is 9.97. The molecule has 1 fully saturated rings. The van der Waals surface area contributed by atoms with Crippen molar-refractivity contribution in [1.82, 2.24) is 5.32 Å². The van der Waals surface area contributed by atoms with E-state index in [2.05, 4.69) is 24.4 Å². The molecular weight excluding hydrogens is 218 g/mol. The van der Waals surface area contributed by atoms with E-state index < -0.39 is 0 Å². The Morgan fingerprint density at radius 3 is 2.88 bits per heavy atom. The van der Waals surface area contributed by atoms with Gasteiger partial charge in [-0.25, -0.2) is 0 Å². The zero-order valence-corrected chi connectivity index (χ0v) is 10.6. The number of hydrogen-bond acceptors (Lipinski definition) is 1. The monoisotopic (exact) mass is 237 g/mol. The normalized spacial score (nSPS) is 17.4. The van der Waals surface area contributed by atoms with E-state index in [1.807, 2.05) is 12.1 Å². The molecule has 16 heavy (non-hydrogen) atoms. The van der Waals surface area contributed by atoms with Crippen LogP contribution in [-0.4, -0.2) is 12.6 Å². The minimum atomic E-state index is 0.735. The van der Waals surface area contributed by atoms with E-state index in [9.17, 15) is 0 Å². The van der Waals surface area contributed by atoms with Crippen molar-refractivity contribution in [3.05, 3.63) is 34.9 Å². The minimum absolute atomic E-state index is 0.735. The molecule has 2 heteroatoms. The van der Waals surface area contributed by atoms with Gasteiger partial charge < -0.3 is 5.32 Å². The van der Waals surface area contributed by atoms with Crippen LogP contribution in [-0.2, 0) is 6.42 Å². The topological polar surface area (TPSA) is 12.0 Å². The third-order valence-corrected chi connectivity index (χ3v) is 3.50. The molecule has 0 bridgehead atoms. The molecule has 1 saturated carbocycles. The summed E-state index contributed by atoms with van der Waals surface area (Å²) in [6.07, 6.45) is 5.10. The molecule has 1 aromatic carbocycles. The Labute approximate surface area is 103 Å². The van der Waals surface area contributed by atoms with Gasteiger partial charge in [-0.15, -0.1) is 0 Å². The maximum Gasteiger partial charge on any atom is 0.0408 e. The molecule has 0 saturated heterocycles. The Morgan fingerprint density at radius 1 is 1.44 bits per heavy atom. The van der Waals surface area contributed by atoms with Crippen molar-refractivity contribution in [1.29, 1.82) is 0 Å². The van der Waals surface area contributed by atoms with Gasteiger partial charge >= 0.3 is 0 Å². The summed E-state index contributed by atoms with van der Waals surface area (Å²) >= 11 is 5.99. The second-order valence-corrected chi connectivity index (χ2v) is 5.23. The van der Waals surface area contributed by atoms with Gasteiger partial charge in [-0.2, -0.15) is 0 Å². The summed E-state index contributed by atoms with van der Waals surface area (Å²) in [4.78, 5) is 0. The van der Waals surface area contributed by atoms with Crippen LogP contribution in [0.25, 0.3) is 0 Å². The first-order chi connectivity index (χ1) is 7.78. The number of nitrogens with one attached hydrogen (secondary N) is 1. The van der Waals surface area contributed by atoms with Crippen LogP contribution < -0.4 is 5.32 Å². The Bertz CT molecular complexity index is 333. The first kappa shape index (κ1) is 11.9. The van der Waals surface area contributed by atoms with Gasteiger partial charge in [-0.1, -0.05) is 37.1 Å². The maximum atomic E-state index is 5.99. The summed E-state index contributed by atoms with van der Waals surface area (Å²) in [7, 11) is 0. The Hall–Kier alpha value is -0.530. The van der Waals surface area contributed by atoms with Crippen LogP contribution in [0.2, 0.25) is 5.02 Å². The molecule has 1 nitrogen and oxygen atoms in total. The maximum absolute atomic E-state index is 5.99. The standard InChI is InChI=1S/C14H20ClN/c1-2-11(10-16-14-6-7-14)8-12-4-3-5-13(15)9-12/h3-5,9,11,14,16H,2,6-8,10H2,1H3. The predicted molar refractivity (Wildman–Crippen MR) is 70.0 cm³/mol. The van der Waals surface area contributed by atoms with E-state index >= 15 is 0 Å². The predicted octanol–water partition coefficient (Wildman–Crippen LogP) is 3.66. The number of halogens is 1. The molecule has 1 N–H and O–H groups in total.